The molecule has 0 atom stereocenters. The Balaban J connectivity index is 2.62. The van der Waals surface area contributed by atoms with Gasteiger partial charge in [0.1, 0.15) is 0 Å². The van der Waals surface area contributed by atoms with Crippen LogP contribution in [0.15, 0.2) is 24.3 Å². The van der Waals surface area contributed by atoms with E-state index in [2.05, 4.69) is 22.9 Å². The van der Waals surface area contributed by atoms with Crippen molar-refractivity contribution in [1.82, 2.24) is 4.98 Å². The number of aromatic nitrogens is 1. The number of amides is 1. The molecule has 0 aliphatic carbocycles. The van der Waals surface area contributed by atoms with E-state index < -0.39 is 0 Å². The average Bonchev–Trinajstić information content (AvgIpc) is 2.43. The molecule has 0 bridgehead atoms. The van der Waals surface area contributed by atoms with Crippen molar-refractivity contribution in [2.45, 2.75) is 6.92 Å². The molecule has 1 aromatic carbocycles. The van der Waals surface area contributed by atoms with Gasteiger partial charge in [-0.1, -0.05) is 30.8 Å². The van der Waals surface area contributed by atoms with Crippen molar-refractivity contribution in [3.63, 3.8) is 0 Å². The Morgan fingerprint density at radius 1 is 1.43 bits per heavy atom. The summed E-state index contributed by atoms with van der Waals surface area (Å²) in [6.07, 6.45) is 0. The van der Waals surface area contributed by atoms with Crippen molar-refractivity contribution in [2.24, 2.45) is 0 Å². The zero-order valence-electron chi connectivity index (χ0n) is 7.66. The molecule has 1 heterocycles. The number of aromatic amines is 1. The summed E-state index contributed by atoms with van der Waals surface area (Å²) in [5.74, 6) is 0. The molecule has 2 aromatic rings. The first-order valence-corrected chi connectivity index (χ1v) is 4.70. The van der Waals surface area contributed by atoms with Gasteiger partial charge in [-0.05, 0) is 13.0 Å². The molecular weight excluding hydrogens is 196 g/mol. The van der Waals surface area contributed by atoms with Crippen LogP contribution in [-0.4, -0.2) is 10.2 Å². The van der Waals surface area contributed by atoms with E-state index in [4.69, 9.17) is 0 Å². The highest BCUT2D eigenvalue weighted by atomic mass is 32.1. The second kappa shape index (κ2) is 3.38. The highest BCUT2D eigenvalue weighted by Crippen LogP contribution is 2.26. The molecule has 0 aliphatic heterocycles. The Kier molecular flexibility index (Phi) is 2.21. The van der Waals surface area contributed by atoms with E-state index in [1.165, 1.54) is 0 Å². The predicted octanol–water partition coefficient (Wildman–Crippen LogP) is 2.94. The zero-order valence-corrected chi connectivity index (χ0v) is 8.56. The zero-order chi connectivity index (χ0) is 10.1. The standard InChI is InChI=1S/C10H10N2OS/c1-6-9(12-10(13)14)7-4-2-3-5-8(7)11-6/h2-5,11H,1H3,(H2,12,13,14). The first-order valence-electron chi connectivity index (χ1n) is 4.26. The Bertz CT molecular complexity index is 490. The largest absolute Gasteiger partial charge is 0.357 e. The molecule has 2 rings (SSSR count). The maximum atomic E-state index is 10.8. The molecular formula is C10H10N2OS. The van der Waals surface area contributed by atoms with E-state index in [1.54, 1.807) is 0 Å². The van der Waals surface area contributed by atoms with Crippen molar-refractivity contribution in [3.05, 3.63) is 30.0 Å². The van der Waals surface area contributed by atoms with Crippen LogP contribution >= 0.6 is 12.6 Å². The van der Waals surface area contributed by atoms with Gasteiger partial charge in [0.2, 0.25) is 0 Å². The highest BCUT2D eigenvalue weighted by Gasteiger charge is 2.08. The maximum absolute atomic E-state index is 10.8. The monoisotopic (exact) mass is 206 g/mol. The summed E-state index contributed by atoms with van der Waals surface area (Å²) in [6.45, 7) is 1.92. The Labute approximate surface area is 86.9 Å². The topological polar surface area (TPSA) is 44.9 Å². The molecule has 4 heteroatoms. The number of thiol groups is 1. The third-order valence-corrected chi connectivity index (χ3v) is 2.24. The molecule has 2 N–H and O–H groups in total. The van der Waals surface area contributed by atoms with Crippen LogP contribution in [0.3, 0.4) is 0 Å². The van der Waals surface area contributed by atoms with Crippen LogP contribution in [0.25, 0.3) is 10.9 Å². The van der Waals surface area contributed by atoms with E-state index in [0.717, 1.165) is 22.3 Å². The van der Waals surface area contributed by atoms with Crippen molar-refractivity contribution in [1.29, 1.82) is 0 Å². The molecule has 0 unspecified atom stereocenters. The Morgan fingerprint density at radius 3 is 2.86 bits per heavy atom. The van der Waals surface area contributed by atoms with Gasteiger partial charge in [-0.25, -0.2) is 0 Å². The van der Waals surface area contributed by atoms with Crippen molar-refractivity contribution in [3.8, 4) is 0 Å². The fourth-order valence-electron chi connectivity index (χ4n) is 1.54. The molecule has 0 aliphatic rings. The third kappa shape index (κ3) is 1.48. The summed E-state index contributed by atoms with van der Waals surface area (Å²) in [7, 11) is 0. The minimum absolute atomic E-state index is 0.349. The number of H-pyrrole nitrogens is 1. The Morgan fingerprint density at radius 2 is 2.14 bits per heavy atom. The Hall–Kier alpha value is -1.42. The van der Waals surface area contributed by atoms with E-state index in [9.17, 15) is 4.79 Å². The summed E-state index contributed by atoms with van der Waals surface area (Å²) >= 11 is 3.69. The summed E-state index contributed by atoms with van der Waals surface area (Å²) in [4.78, 5) is 14.0. The SMILES string of the molecule is Cc1[nH]c2ccccc2c1NC(=O)S. The van der Waals surface area contributed by atoms with E-state index in [0.29, 0.717) is 0 Å². The van der Waals surface area contributed by atoms with Crippen LogP contribution in [0.4, 0.5) is 10.5 Å². The van der Waals surface area contributed by atoms with Gasteiger partial charge in [-0.15, -0.1) is 0 Å². The lowest BCUT2D eigenvalue weighted by Gasteiger charge is -1.99. The number of nitrogens with one attached hydrogen (secondary N) is 2. The normalized spacial score (nSPS) is 10.4. The summed E-state index contributed by atoms with van der Waals surface area (Å²) in [5, 5.41) is 3.35. The van der Waals surface area contributed by atoms with Gasteiger partial charge in [0, 0.05) is 16.6 Å². The predicted molar refractivity (Wildman–Crippen MR) is 61.0 cm³/mol. The van der Waals surface area contributed by atoms with Crippen LogP contribution in [0, 0.1) is 6.92 Å². The van der Waals surface area contributed by atoms with Crippen molar-refractivity contribution >= 4 is 34.5 Å². The number of hydrogen-bond acceptors (Lipinski definition) is 1. The summed E-state index contributed by atoms with van der Waals surface area (Å²) in [5.41, 5.74) is 2.76. The summed E-state index contributed by atoms with van der Waals surface area (Å²) < 4.78 is 0. The molecule has 0 radical (unpaired) electrons. The number of anilines is 1. The molecule has 0 saturated heterocycles. The number of fused-ring (bicyclic) bond motifs is 1. The van der Waals surface area contributed by atoms with Gasteiger partial charge in [0.05, 0.1) is 5.69 Å². The second-order valence-electron chi connectivity index (χ2n) is 3.10. The van der Waals surface area contributed by atoms with E-state index in [1.807, 2.05) is 31.2 Å². The summed E-state index contributed by atoms with van der Waals surface area (Å²) in [6, 6.07) is 7.81. The van der Waals surface area contributed by atoms with Crippen LogP contribution in [0.5, 0.6) is 0 Å². The van der Waals surface area contributed by atoms with Gasteiger partial charge < -0.3 is 10.3 Å². The molecule has 72 valence electrons. The quantitative estimate of drug-likeness (QED) is 0.617. The molecule has 0 fully saturated rings. The molecule has 1 amide bonds. The number of para-hydroxylation sites is 1. The van der Waals surface area contributed by atoms with Crippen LogP contribution < -0.4 is 5.32 Å². The highest BCUT2D eigenvalue weighted by molar-refractivity contribution is 7.96. The minimum atomic E-state index is -0.349. The van der Waals surface area contributed by atoms with Gasteiger partial charge in [0.15, 0.2) is 0 Å². The number of hydrogen-bond donors (Lipinski definition) is 3. The van der Waals surface area contributed by atoms with Crippen LogP contribution in [0.2, 0.25) is 0 Å². The molecule has 0 saturated carbocycles. The van der Waals surface area contributed by atoms with Crippen LogP contribution in [0.1, 0.15) is 5.69 Å². The third-order valence-electron chi connectivity index (χ3n) is 2.13. The number of aryl methyl sites for hydroxylation is 1. The number of carbonyl (C=O) groups is 1. The van der Waals surface area contributed by atoms with Gasteiger partial charge in [-0.2, -0.15) is 0 Å². The molecule has 1 aromatic heterocycles. The fourth-order valence-corrected chi connectivity index (χ4v) is 1.66. The van der Waals surface area contributed by atoms with Crippen LogP contribution in [-0.2, 0) is 0 Å². The first kappa shape index (κ1) is 9.15. The molecule has 0 spiro atoms. The smallest absolute Gasteiger partial charge is 0.280 e. The maximum Gasteiger partial charge on any atom is 0.280 e. The van der Waals surface area contributed by atoms with E-state index >= 15 is 0 Å². The fraction of sp³-hybridized carbons (Fsp3) is 0.100. The number of benzene rings is 1. The lowest BCUT2D eigenvalue weighted by atomic mass is 10.2. The lowest BCUT2D eigenvalue weighted by Crippen LogP contribution is -2.01. The lowest BCUT2D eigenvalue weighted by molar-refractivity contribution is 0.270. The molecule has 14 heavy (non-hydrogen) atoms. The van der Waals surface area contributed by atoms with Gasteiger partial charge >= 0.3 is 0 Å². The van der Waals surface area contributed by atoms with Crippen molar-refractivity contribution < 1.29 is 4.79 Å². The number of carbonyl (C=O) groups excluding carboxylic acids is 1. The minimum Gasteiger partial charge on any atom is -0.357 e. The van der Waals surface area contributed by atoms with Crippen molar-refractivity contribution in [2.75, 3.05) is 5.32 Å². The number of rotatable bonds is 1. The average molecular weight is 206 g/mol. The van der Waals surface area contributed by atoms with Gasteiger partial charge in [-0.3, -0.25) is 4.79 Å². The van der Waals surface area contributed by atoms with E-state index in [-0.39, 0.29) is 5.24 Å². The first-order chi connectivity index (χ1) is 6.68. The second-order valence-corrected chi connectivity index (χ2v) is 3.51. The molecule has 3 nitrogen and oxygen atoms in total. The van der Waals surface area contributed by atoms with Gasteiger partial charge in [0.25, 0.3) is 5.24 Å².